The lowest BCUT2D eigenvalue weighted by Gasteiger charge is -2.33. The van der Waals surface area contributed by atoms with Gasteiger partial charge < -0.3 is 15.5 Å². The number of nitrogens with zero attached hydrogens (tertiary/aromatic N) is 7. The van der Waals surface area contributed by atoms with E-state index in [2.05, 4.69) is 83.6 Å². The van der Waals surface area contributed by atoms with E-state index in [1.54, 1.807) is 0 Å². The summed E-state index contributed by atoms with van der Waals surface area (Å²) in [6.45, 7) is 9.53. The molecule has 0 atom stereocenters. The molecule has 5 aromatic rings. The first kappa shape index (κ1) is 28.9. The molecular weight excluding hydrogens is 536 g/mol. The van der Waals surface area contributed by atoms with Crippen LogP contribution in [0.1, 0.15) is 50.8 Å². The quantitative estimate of drug-likeness (QED) is 0.214. The zero-order valence-electron chi connectivity index (χ0n) is 25.3. The third-order valence-corrected chi connectivity index (χ3v) is 8.88. The van der Waals surface area contributed by atoms with Gasteiger partial charge in [0.05, 0.1) is 12.1 Å². The van der Waals surface area contributed by atoms with E-state index in [1.165, 1.54) is 11.9 Å². The normalized spacial score (nSPS) is 14.6. The van der Waals surface area contributed by atoms with Crippen LogP contribution in [0.3, 0.4) is 0 Å². The molecule has 1 aliphatic rings. The van der Waals surface area contributed by atoms with Crippen LogP contribution in [-0.4, -0.2) is 72.8 Å². The van der Waals surface area contributed by atoms with Gasteiger partial charge in [0.1, 0.15) is 11.8 Å². The number of amides is 1. The van der Waals surface area contributed by atoms with E-state index >= 15 is 0 Å². The number of benzene rings is 2. The lowest BCUT2D eigenvalue weighted by molar-refractivity contribution is -0.136. The van der Waals surface area contributed by atoms with Crippen LogP contribution in [-0.2, 0) is 17.8 Å². The van der Waals surface area contributed by atoms with Gasteiger partial charge in [0, 0.05) is 41.8 Å². The Balaban J connectivity index is 1.11. The summed E-state index contributed by atoms with van der Waals surface area (Å²) in [5.41, 5.74) is 12.7. The highest BCUT2D eigenvalue weighted by Crippen LogP contribution is 2.32. The molecule has 1 saturated heterocycles. The van der Waals surface area contributed by atoms with Gasteiger partial charge in [-0.2, -0.15) is 10.2 Å². The van der Waals surface area contributed by atoms with Crippen molar-refractivity contribution in [2.45, 2.75) is 52.5 Å². The van der Waals surface area contributed by atoms with E-state index in [4.69, 9.17) is 10.8 Å². The van der Waals surface area contributed by atoms with Gasteiger partial charge in [-0.25, -0.2) is 9.50 Å². The van der Waals surface area contributed by atoms with Crippen molar-refractivity contribution in [3.8, 4) is 11.1 Å². The molecule has 1 fully saturated rings. The van der Waals surface area contributed by atoms with E-state index < -0.39 is 0 Å². The maximum absolute atomic E-state index is 12.7. The summed E-state index contributed by atoms with van der Waals surface area (Å²) in [6, 6.07) is 19.0. The van der Waals surface area contributed by atoms with Gasteiger partial charge in [-0.3, -0.25) is 9.48 Å². The van der Waals surface area contributed by atoms with Crippen molar-refractivity contribution in [3.05, 3.63) is 78.4 Å². The van der Waals surface area contributed by atoms with Crippen LogP contribution in [0.25, 0.3) is 27.5 Å². The molecule has 9 heteroatoms. The van der Waals surface area contributed by atoms with Gasteiger partial charge in [-0.05, 0) is 88.8 Å². The van der Waals surface area contributed by atoms with Gasteiger partial charge in [0.2, 0.25) is 5.91 Å². The molecule has 4 heterocycles. The van der Waals surface area contributed by atoms with E-state index in [1.807, 2.05) is 20.2 Å². The highest BCUT2D eigenvalue weighted by Gasteiger charge is 2.27. The molecule has 3 aromatic heterocycles. The van der Waals surface area contributed by atoms with Crippen LogP contribution >= 0.6 is 0 Å². The molecule has 0 bridgehead atoms. The number of aromatic nitrogens is 5. The number of carbonyl (C=O) groups is 1. The number of nitrogen functional groups attached to an aromatic ring is 1. The fourth-order valence-corrected chi connectivity index (χ4v) is 6.46. The second kappa shape index (κ2) is 13.0. The Bertz CT molecular complexity index is 1680. The van der Waals surface area contributed by atoms with Crippen LogP contribution in [0.4, 0.5) is 5.82 Å². The number of likely N-dealkylation sites (tertiary alicyclic amines) is 1. The summed E-state index contributed by atoms with van der Waals surface area (Å²) in [6.07, 6.45) is 8.62. The molecule has 2 aromatic carbocycles. The standard InChI is InChI=1S/C34H42N8O/c1-3-40(4-2)34(43)26-15-18-39(19-16-26)17-9-8-12-29-21-30(32-33(35)36-24-37-42(29)32)27-13-14-28-23-41(38-31(28)20-27)22-25-10-6-5-7-11-25/h5-7,10-11,13-14,20-21,23-24,26H,3-4,8-9,12,15-19,22H2,1-2H3,(H2,35,36,37). The van der Waals surface area contributed by atoms with Crippen LogP contribution in [0.15, 0.2) is 67.1 Å². The van der Waals surface area contributed by atoms with Crippen molar-refractivity contribution < 1.29 is 4.79 Å². The monoisotopic (exact) mass is 578 g/mol. The summed E-state index contributed by atoms with van der Waals surface area (Å²) >= 11 is 0. The Morgan fingerprint density at radius 3 is 2.58 bits per heavy atom. The molecule has 224 valence electrons. The number of nitrogens with two attached hydrogens (primary N) is 1. The summed E-state index contributed by atoms with van der Waals surface area (Å²) < 4.78 is 3.95. The number of piperidine rings is 1. The molecule has 1 aliphatic heterocycles. The number of rotatable bonds is 11. The molecule has 6 rings (SSSR count). The third-order valence-electron chi connectivity index (χ3n) is 8.88. The minimum atomic E-state index is 0.184. The smallest absolute Gasteiger partial charge is 0.225 e. The van der Waals surface area contributed by atoms with Gasteiger partial charge >= 0.3 is 0 Å². The molecule has 0 unspecified atom stereocenters. The first-order chi connectivity index (χ1) is 21.0. The maximum atomic E-state index is 12.7. The fraction of sp³-hybridized carbons (Fsp3) is 0.412. The predicted octanol–water partition coefficient (Wildman–Crippen LogP) is 5.28. The van der Waals surface area contributed by atoms with Gasteiger partial charge in [0.25, 0.3) is 0 Å². The Labute approximate surface area is 253 Å². The Morgan fingerprint density at radius 2 is 1.81 bits per heavy atom. The topological polar surface area (TPSA) is 97.6 Å². The van der Waals surface area contributed by atoms with Crippen molar-refractivity contribution in [1.29, 1.82) is 0 Å². The first-order valence-corrected chi connectivity index (χ1v) is 15.7. The number of hydrogen-bond acceptors (Lipinski definition) is 6. The van der Waals surface area contributed by atoms with Crippen LogP contribution in [0, 0.1) is 5.92 Å². The highest BCUT2D eigenvalue weighted by atomic mass is 16.2. The molecule has 0 spiro atoms. The van der Waals surface area contributed by atoms with E-state index in [-0.39, 0.29) is 5.92 Å². The van der Waals surface area contributed by atoms with Crippen molar-refractivity contribution in [1.82, 2.24) is 34.2 Å². The van der Waals surface area contributed by atoms with Crippen molar-refractivity contribution in [2.75, 3.05) is 38.5 Å². The zero-order chi connectivity index (χ0) is 29.8. The highest BCUT2D eigenvalue weighted by molar-refractivity contribution is 5.92. The second-order valence-corrected chi connectivity index (χ2v) is 11.6. The summed E-state index contributed by atoms with van der Waals surface area (Å²) in [4.78, 5) is 21.5. The SMILES string of the molecule is CCN(CC)C(=O)C1CCN(CCCCc2cc(-c3ccc4cn(Cc5ccccc5)nc4c3)c3c(N)ncnn23)CC1. The first-order valence-electron chi connectivity index (χ1n) is 15.7. The number of carbonyl (C=O) groups excluding carboxylic acids is 1. The molecular formula is C34H42N8O. The minimum absolute atomic E-state index is 0.184. The second-order valence-electron chi connectivity index (χ2n) is 11.6. The molecule has 0 saturated carbocycles. The average Bonchev–Trinajstić information content (AvgIpc) is 3.62. The molecule has 0 radical (unpaired) electrons. The summed E-state index contributed by atoms with van der Waals surface area (Å²) in [7, 11) is 0. The number of aryl methyl sites for hydroxylation is 1. The predicted molar refractivity (Wildman–Crippen MR) is 172 cm³/mol. The fourth-order valence-electron chi connectivity index (χ4n) is 6.46. The van der Waals surface area contributed by atoms with E-state index in [0.717, 1.165) is 105 Å². The molecule has 9 nitrogen and oxygen atoms in total. The van der Waals surface area contributed by atoms with Crippen LogP contribution < -0.4 is 5.73 Å². The Hall–Kier alpha value is -4.24. The van der Waals surface area contributed by atoms with E-state index in [0.29, 0.717) is 11.7 Å². The summed E-state index contributed by atoms with van der Waals surface area (Å²) in [5, 5.41) is 10.5. The lowest BCUT2D eigenvalue weighted by Crippen LogP contribution is -2.42. The average molecular weight is 579 g/mol. The number of fused-ring (bicyclic) bond motifs is 2. The lowest BCUT2D eigenvalue weighted by atomic mass is 9.95. The number of anilines is 1. The zero-order valence-corrected chi connectivity index (χ0v) is 25.3. The minimum Gasteiger partial charge on any atom is -0.382 e. The van der Waals surface area contributed by atoms with Crippen molar-refractivity contribution in [2.24, 2.45) is 5.92 Å². The molecule has 0 aliphatic carbocycles. The summed E-state index contributed by atoms with van der Waals surface area (Å²) in [5.74, 6) is 0.998. The van der Waals surface area contributed by atoms with Crippen molar-refractivity contribution in [3.63, 3.8) is 0 Å². The van der Waals surface area contributed by atoms with E-state index in [9.17, 15) is 4.79 Å². The van der Waals surface area contributed by atoms with Crippen LogP contribution in [0.2, 0.25) is 0 Å². The van der Waals surface area contributed by atoms with Crippen molar-refractivity contribution >= 4 is 28.1 Å². The Morgan fingerprint density at radius 1 is 1.02 bits per heavy atom. The number of hydrogen-bond donors (Lipinski definition) is 1. The Kier molecular flexibility index (Phi) is 8.69. The van der Waals surface area contributed by atoms with Gasteiger partial charge in [-0.1, -0.05) is 42.5 Å². The largest absolute Gasteiger partial charge is 0.382 e. The van der Waals surface area contributed by atoms with Gasteiger partial charge in [-0.15, -0.1) is 0 Å². The molecule has 1 amide bonds. The maximum Gasteiger partial charge on any atom is 0.225 e. The third kappa shape index (κ3) is 6.27. The molecule has 2 N–H and O–H groups in total. The molecule has 43 heavy (non-hydrogen) atoms. The van der Waals surface area contributed by atoms with Crippen LogP contribution in [0.5, 0.6) is 0 Å². The van der Waals surface area contributed by atoms with Gasteiger partial charge in [0.15, 0.2) is 5.82 Å². The number of unbranched alkanes of at least 4 members (excludes halogenated alkanes) is 1.